The van der Waals surface area contributed by atoms with Gasteiger partial charge in [0.1, 0.15) is 0 Å². The lowest BCUT2D eigenvalue weighted by Crippen LogP contribution is -2.03. The van der Waals surface area contributed by atoms with E-state index in [-0.39, 0.29) is 6.10 Å². The number of halogens is 1. The standard InChI is InChI=1S/C8H17BrO/c1-2-8(10)6-4-3-5-7-9/h8,10H,2-7H2,1H3. The third kappa shape index (κ3) is 6.56. The van der Waals surface area contributed by atoms with E-state index in [0.717, 1.165) is 18.2 Å². The predicted molar refractivity (Wildman–Crippen MR) is 48.6 cm³/mol. The first-order valence-electron chi connectivity index (χ1n) is 4.05. The first kappa shape index (κ1) is 10.4. The predicted octanol–water partition coefficient (Wildman–Crippen LogP) is 2.71. The molecule has 0 radical (unpaired) electrons. The van der Waals surface area contributed by atoms with Crippen LogP contribution in [0.3, 0.4) is 0 Å². The first-order valence-corrected chi connectivity index (χ1v) is 5.17. The summed E-state index contributed by atoms with van der Waals surface area (Å²) in [5.41, 5.74) is 0. The molecule has 1 N–H and O–H groups in total. The molecule has 0 aliphatic rings. The number of unbranched alkanes of at least 4 members (excludes halogenated alkanes) is 2. The molecule has 0 aromatic carbocycles. The van der Waals surface area contributed by atoms with E-state index in [9.17, 15) is 0 Å². The number of aliphatic hydroxyl groups is 1. The van der Waals surface area contributed by atoms with Crippen molar-refractivity contribution in [2.45, 2.75) is 45.1 Å². The lowest BCUT2D eigenvalue weighted by molar-refractivity contribution is 0.157. The van der Waals surface area contributed by atoms with Gasteiger partial charge in [-0.1, -0.05) is 35.7 Å². The maximum atomic E-state index is 9.15. The molecule has 0 spiro atoms. The molecule has 0 aromatic heterocycles. The molecule has 0 rings (SSSR count). The molecule has 1 atom stereocenters. The lowest BCUT2D eigenvalue weighted by Gasteiger charge is -2.05. The molecule has 1 unspecified atom stereocenters. The highest BCUT2D eigenvalue weighted by atomic mass is 79.9. The van der Waals surface area contributed by atoms with Gasteiger partial charge >= 0.3 is 0 Å². The molecule has 0 amide bonds. The molecule has 0 aromatic rings. The van der Waals surface area contributed by atoms with E-state index in [4.69, 9.17) is 5.11 Å². The molecule has 10 heavy (non-hydrogen) atoms. The summed E-state index contributed by atoms with van der Waals surface area (Å²) < 4.78 is 0. The van der Waals surface area contributed by atoms with Crippen LogP contribution in [0.1, 0.15) is 39.0 Å². The van der Waals surface area contributed by atoms with Crippen LogP contribution in [0.4, 0.5) is 0 Å². The van der Waals surface area contributed by atoms with Gasteiger partial charge in [-0.15, -0.1) is 0 Å². The zero-order valence-corrected chi connectivity index (χ0v) is 8.23. The summed E-state index contributed by atoms with van der Waals surface area (Å²) in [6.07, 6.45) is 5.45. The van der Waals surface area contributed by atoms with Crippen molar-refractivity contribution in [1.82, 2.24) is 0 Å². The van der Waals surface area contributed by atoms with Crippen molar-refractivity contribution < 1.29 is 5.11 Å². The number of aliphatic hydroxyl groups excluding tert-OH is 1. The second-order valence-electron chi connectivity index (χ2n) is 2.60. The Balaban J connectivity index is 2.89. The second kappa shape index (κ2) is 7.55. The topological polar surface area (TPSA) is 20.2 Å². The third-order valence-corrected chi connectivity index (χ3v) is 2.20. The van der Waals surface area contributed by atoms with Crippen molar-refractivity contribution in [3.05, 3.63) is 0 Å². The van der Waals surface area contributed by atoms with Crippen LogP contribution in [-0.2, 0) is 0 Å². The van der Waals surface area contributed by atoms with E-state index in [0.29, 0.717) is 0 Å². The number of hydrogen-bond acceptors (Lipinski definition) is 1. The van der Waals surface area contributed by atoms with E-state index in [2.05, 4.69) is 15.9 Å². The van der Waals surface area contributed by atoms with Crippen LogP contribution in [0, 0.1) is 0 Å². The molecule has 0 saturated heterocycles. The summed E-state index contributed by atoms with van der Waals surface area (Å²) in [4.78, 5) is 0. The van der Waals surface area contributed by atoms with Crippen molar-refractivity contribution in [1.29, 1.82) is 0 Å². The fourth-order valence-electron chi connectivity index (χ4n) is 0.855. The highest BCUT2D eigenvalue weighted by Crippen LogP contribution is 2.06. The summed E-state index contributed by atoms with van der Waals surface area (Å²) in [7, 11) is 0. The SMILES string of the molecule is CCC(O)CCCCCBr. The van der Waals surface area contributed by atoms with Gasteiger partial charge in [-0.2, -0.15) is 0 Å². The first-order chi connectivity index (χ1) is 4.81. The van der Waals surface area contributed by atoms with Crippen molar-refractivity contribution >= 4 is 15.9 Å². The molecular formula is C8H17BrO. The molecule has 0 heterocycles. The highest BCUT2D eigenvalue weighted by molar-refractivity contribution is 9.09. The van der Waals surface area contributed by atoms with Crippen LogP contribution < -0.4 is 0 Å². The smallest absolute Gasteiger partial charge is 0.0537 e. The number of hydrogen-bond donors (Lipinski definition) is 1. The maximum Gasteiger partial charge on any atom is 0.0537 e. The minimum absolute atomic E-state index is 0.0599. The third-order valence-electron chi connectivity index (χ3n) is 1.64. The van der Waals surface area contributed by atoms with Crippen molar-refractivity contribution in [2.75, 3.05) is 5.33 Å². The summed E-state index contributed by atoms with van der Waals surface area (Å²) in [6.45, 7) is 2.02. The minimum atomic E-state index is -0.0599. The Morgan fingerprint density at radius 1 is 1.30 bits per heavy atom. The largest absolute Gasteiger partial charge is 0.393 e. The fourth-order valence-corrected chi connectivity index (χ4v) is 1.25. The zero-order chi connectivity index (χ0) is 7.82. The Bertz CT molecular complexity index is 66.3. The van der Waals surface area contributed by atoms with Gasteiger partial charge in [0.05, 0.1) is 6.10 Å². The Kier molecular flexibility index (Phi) is 7.88. The molecule has 0 aliphatic carbocycles. The minimum Gasteiger partial charge on any atom is -0.393 e. The molecular weight excluding hydrogens is 192 g/mol. The van der Waals surface area contributed by atoms with Crippen LogP contribution in [-0.4, -0.2) is 16.5 Å². The summed E-state index contributed by atoms with van der Waals surface area (Å²) in [5.74, 6) is 0. The summed E-state index contributed by atoms with van der Waals surface area (Å²) >= 11 is 3.37. The fraction of sp³-hybridized carbons (Fsp3) is 1.00. The monoisotopic (exact) mass is 208 g/mol. The van der Waals surface area contributed by atoms with Gasteiger partial charge in [-0.05, 0) is 19.3 Å². The van der Waals surface area contributed by atoms with Crippen molar-refractivity contribution in [3.8, 4) is 0 Å². The highest BCUT2D eigenvalue weighted by Gasteiger charge is 1.98. The molecule has 62 valence electrons. The van der Waals surface area contributed by atoms with Gasteiger partial charge in [-0.25, -0.2) is 0 Å². The van der Waals surface area contributed by atoms with E-state index in [1.807, 2.05) is 6.92 Å². The van der Waals surface area contributed by atoms with Crippen LogP contribution >= 0.6 is 15.9 Å². The van der Waals surface area contributed by atoms with Crippen molar-refractivity contribution in [2.24, 2.45) is 0 Å². The Labute approximate surface area is 72.0 Å². The maximum absolute atomic E-state index is 9.15. The molecule has 0 bridgehead atoms. The van der Waals surface area contributed by atoms with Gasteiger partial charge in [-0.3, -0.25) is 0 Å². The molecule has 1 nitrogen and oxygen atoms in total. The molecule has 0 aliphatic heterocycles. The van der Waals surface area contributed by atoms with Crippen molar-refractivity contribution in [3.63, 3.8) is 0 Å². The normalized spacial score (nSPS) is 13.5. The van der Waals surface area contributed by atoms with Gasteiger partial charge < -0.3 is 5.11 Å². The van der Waals surface area contributed by atoms with Crippen LogP contribution in [0.15, 0.2) is 0 Å². The Morgan fingerprint density at radius 2 is 2.00 bits per heavy atom. The quantitative estimate of drug-likeness (QED) is 0.526. The average Bonchev–Trinajstić information content (AvgIpc) is 1.98. The van der Waals surface area contributed by atoms with Gasteiger partial charge in [0.15, 0.2) is 0 Å². The number of rotatable bonds is 6. The molecule has 0 saturated carbocycles. The van der Waals surface area contributed by atoms with E-state index in [1.165, 1.54) is 19.3 Å². The summed E-state index contributed by atoms with van der Waals surface area (Å²) in [5, 5.41) is 10.2. The van der Waals surface area contributed by atoms with Crippen LogP contribution in [0.25, 0.3) is 0 Å². The second-order valence-corrected chi connectivity index (χ2v) is 3.39. The lowest BCUT2D eigenvalue weighted by atomic mass is 10.1. The van der Waals surface area contributed by atoms with E-state index in [1.54, 1.807) is 0 Å². The Morgan fingerprint density at radius 3 is 2.50 bits per heavy atom. The van der Waals surface area contributed by atoms with Crippen LogP contribution in [0.5, 0.6) is 0 Å². The zero-order valence-electron chi connectivity index (χ0n) is 6.65. The molecule has 0 fully saturated rings. The van der Waals surface area contributed by atoms with Gasteiger partial charge in [0.2, 0.25) is 0 Å². The Hall–Kier alpha value is 0.440. The van der Waals surface area contributed by atoms with Gasteiger partial charge in [0.25, 0.3) is 0 Å². The average molecular weight is 209 g/mol. The number of alkyl halides is 1. The summed E-state index contributed by atoms with van der Waals surface area (Å²) in [6, 6.07) is 0. The van der Waals surface area contributed by atoms with Crippen LogP contribution in [0.2, 0.25) is 0 Å². The van der Waals surface area contributed by atoms with E-state index >= 15 is 0 Å². The molecule has 2 heteroatoms. The van der Waals surface area contributed by atoms with E-state index < -0.39 is 0 Å². The van der Waals surface area contributed by atoms with Gasteiger partial charge in [0, 0.05) is 5.33 Å².